The van der Waals surface area contributed by atoms with E-state index in [1.807, 2.05) is 39.0 Å². The molecule has 0 radical (unpaired) electrons. The van der Waals surface area contributed by atoms with Gasteiger partial charge in [0, 0.05) is 31.5 Å². The predicted octanol–water partition coefficient (Wildman–Crippen LogP) is 5.11. The Labute approximate surface area is 192 Å². The molecule has 0 aromatic heterocycles. The highest BCUT2D eigenvalue weighted by atomic mass is 16.7. The summed E-state index contributed by atoms with van der Waals surface area (Å²) in [7, 11) is -0.441. The van der Waals surface area contributed by atoms with Crippen molar-refractivity contribution >= 4 is 18.7 Å². The Morgan fingerprint density at radius 3 is 2.44 bits per heavy atom. The second-order valence-corrected chi connectivity index (χ2v) is 11.1. The number of fused-ring (bicyclic) bond motifs is 1. The Kier molecular flexibility index (Phi) is 5.87. The van der Waals surface area contributed by atoms with Crippen molar-refractivity contribution in [3.05, 3.63) is 35.9 Å². The number of rotatable bonds is 2. The number of ether oxygens (including phenoxy) is 2. The first-order valence-corrected chi connectivity index (χ1v) is 11.7. The van der Waals surface area contributed by atoms with Crippen molar-refractivity contribution in [3.8, 4) is 5.75 Å². The summed E-state index contributed by atoms with van der Waals surface area (Å²) in [6.07, 6.45) is 3.30. The standard InChI is InChI=1S/C25H36BNO5/c1-17(2)21-24(6,7)32-26(31-21)19-16-25(29-20-11-9-8-10-18(19)20)12-14-27(15-13-25)22(28)30-23(3,4)5/h8-11,16-17,21H,12-15H2,1-7H3. The van der Waals surface area contributed by atoms with E-state index in [1.165, 1.54) is 0 Å². The first kappa shape index (κ1) is 23.2. The van der Waals surface area contributed by atoms with Gasteiger partial charge in [-0.2, -0.15) is 0 Å². The van der Waals surface area contributed by atoms with Crippen LogP contribution in [0.2, 0.25) is 0 Å². The minimum absolute atomic E-state index is 0.00775. The minimum Gasteiger partial charge on any atom is -0.482 e. The topological polar surface area (TPSA) is 57.2 Å². The number of amides is 1. The Morgan fingerprint density at radius 1 is 1.19 bits per heavy atom. The molecule has 1 aromatic carbocycles. The summed E-state index contributed by atoms with van der Waals surface area (Å²) in [4.78, 5) is 14.3. The molecule has 2 fully saturated rings. The van der Waals surface area contributed by atoms with Gasteiger partial charge in [-0.1, -0.05) is 32.0 Å². The maximum atomic E-state index is 12.5. The highest BCUT2D eigenvalue weighted by Gasteiger charge is 2.51. The molecule has 1 aromatic rings. The van der Waals surface area contributed by atoms with Crippen LogP contribution in [0.25, 0.3) is 5.47 Å². The van der Waals surface area contributed by atoms with Crippen LogP contribution in [0.4, 0.5) is 4.79 Å². The highest BCUT2D eigenvalue weighted by Crippen LogP contribution is 2.45. The molecule has 0 bridgehead atoms. The highest BCUT2D eigenvalue weighted by molar-refractivity contribution is 6.69. The fraction of sp³-hybridized carbons (Fsp3) is 0.640. The van der Waals surface area contributed by atoms with Crippen molar-refractivity contribution in [3.63, 3.8) is 0 Å². The molecule has 0 N–H and O–H groups in total. The molecule has 1 atom stereocenters. The third kappa shape index (κ3) is 4.55. The zero-order chi connectivity index (χ0) is 23.3. The quantitative estimate of drug-likeness (QED) is 0.597. The number of piperidine rings is 1. The van der Waals surface area contributed by atoms with E-state index in [0.717, 1.165) is 16.8 Å². The summed E-state index contributed by atoms with van der Waals surface area (Å²) in [5.74, 6) is 1.19. The molecule has 0 aliphatic carbocycles. The maximum Gasteiger partial charge on any atom is 0.495 e. The number of hydrogen-bond acceptors (Lipinski definition) is 5. The van der Waals surface area contributed by atoms with E-state index in [1.54, 1.807) is 4.90 Å². The number of carbonyl (C=O) groups excluding carboxylic acids is 1. The van der Waals surface area contributed by atoms with Gasteiger partial charge in [-0.05, 0) is 58.2 Å². The first-order valence-electron chi connectivity index (χ1n) is 11.7. The summed E-state index contributed by atoms with van der Waals surface area (Å²) in [5.41, 5.74) is 0.665. The third-order valence-corrected chi connectivity index (χ3v) is 6.42. The van der Waals surface area contributed by atoms with E-state index in [0.29, 0.717) is 31.8 Å². The fourth-order valence-corrected chi connectivity index (χ4v) is 5.00. The molecule has 2 saturated heterocycles. The van der Waals surface area contributed by atoms with Gasteiger partial charge in [0.25, 0.3) is 0 Å². The lowest BCUT2D eigenvalue weighted by atomic mass is 9.69. The number of carbonyl (C=O) groups is 1. The first-order chi connectivity index (χ1) is 14.9. The predicted molar refractivity (Wildman–Crippen MR) is 125 cm³/mol. The lowest BCUT2D eigenvalue weighted by Crippen LogP contribution is -2.51. The van der Waals surface area contributed by atoms with Gasteiger partial charge in [-0.3, -0.25) is 0 Å². The van der Waals surface area contributed by atoms with Crippen molar-refractivity contribution in [2.45, 2.75) is 84.2 Å². The van der Waals surface area contributed by atoms with Gasteiger partial charge in [-0.15, -0.1) is 0 Å². The summed E-state index contributed by atoms with van der Waals surface area (Å²) in [6.45, 7) is 15.3. The molecule has 4 rings (SSSR count). The molecular weight excluding hydrogens is 405 g/mol. The van der Waals surface area contributed by atoms with E-state index >= 15 is 0 Å². The van der Waals surface area contributed by atoms with Gasteiger partial charge in [0.1, 0.15) is 17.0 Å². The van der Waals surface area contributed by atoms with Crippen LogP contribution in [-0.4, -0.2) is 54.1 Å². The fourth-order valence-electron chi connectivity index (χ4n) is 5.00. The van der Waals surface area contributed by atoms with Gasteiger partial charge in [0.05, 0.1) is 11.7 Å². The van der Waals surface area contributed by atoms with Crippen LogP contribution >= 0.6 is 0 Å². The van der Waals surface area contributed by atoms with Gasteiger partial charge >= 0.3 is 13.2 Å². The van der Waals surface area contributed by atoms with Crippen molar-refractivity contribution < 1.29 is 23.6 Å². The molecule has 174 valence electrons. The molecular formula is C25H36BNO5. The summed E-state index contributed by atoms with van der Waals surface area (Å²) >= 11 is 0. The molecule has 6 nitrogen and oxygen atoms in total. The minimum atomic E-state index is -0.503. The number of hydrogen-bond donors (Lipinski definition) is 0. The van der Waals surface area contributed by atoms with Crippen LogP contribution < -0.4 is 4.74 Å². The molecule has 32 heavy (non-hydrogen) atoms. The molecule has 1 amide bonds. The summed E-state index contributed by atoms with van der Waals surface area (Å²) in [6, 6.07) is 8.07. The number of para-hydroxylation sites is 1. The summed E-state index contributed by atoms with van der Waals surface area (Å²) < 4.78 is 25.0. The van der Waals surface area contributed by atoms with Gasteiger partial charge in [0.2, 0.25) is 0 Å². The summed E-state index contributed by atoms with van der Waals surface area (Å²) in [5, 5.41) is 0. The van der Waals surface area contributed by atoms with Gasteiger partial charge in [-0.25, -0.2) is 4.79 Å². The van der Waals surface area contributed by atoms with Crippen LogP contribution in [0.15, 0.2) is 30.3 Å². The second kappa shape index (κ2) is 8.10. The molecule has 0 saturated carbocycles. The average Bonchev–Trinajstić information content (AvgIpc) is 3.02. The molecule has 3 aliphatic rings. The zero-order valence-corrected chi connectivity index (χ0v) is 20.4. The smallest absolute Gasteiger partial charge is 0.482 e. The monoisotopic (exact) mass is 441 g/mol. The van der Waals surface area contributed by atoms with Crippen LogP contribution in [0.1, 0.15) is 66.9 Å². The molecule has 3 aliphatic heterocycles. The Bertz CT molecular complexity index is 896. The average molecular weight is 441 g/mol. The van der Waals surface area contributed by atoms with Gasteiger partial charge < -0.3 is 23.7 Å². The van der Waals surface area contributed by atoms with Crippen molar-refractivity contribution in [1.29, 1.82) is 0 Å². The zero-order valence-electron chi connectivity index (χ0n) is 20.4. The normalized spacial score (nSPS) is 24.2. The van der Waals surface area contributed by atoms with Crippen LogP contribution in [0, 0.1) is 5.92 Å². The molecule has 1 spiro atoms. The third-order valence-electron chi connectivity index (χ3n) is 6.42. The van der Waals surface area contributed by atoms with Crippen molar-refractivity contribution in [2.24, 2.45) is 5.92 Å². The Morgan fingerprint density at radius 2 is 1.84 bits per heavy atom. The number of nitrogens with zero attached hydrogens (tertiary/aromatic N) is 1. The molecule has 7 heteroatoms. The van der Waals surface area contributed by atoms with Crippen LogP contribution in [0.5, 0.6) is 5.75 Å². The van der Waals surface area contributed by atoms with Crippen LogP contribution in [0.3, 0.4) is 0 Å². The lowest BCUT2D eigenvalue weighted by molar-refractivity contribution is -0.00119. The second-order valence-electron chi connectivity index (χ2n) is 11.1. The molecule has 3 heterocycles. The van der Waals surface area contributed by atoms with E-state index < -0.39 is 18.3 Å². The lowest BCUT2D eigenvalue weighted by Gasteiger charge is -2.43. The van der Waals surface area contributed by atoms with Gasteiger partial charge in [0.15, 0.2) is 0 Å². The van der Waals surface area contributed by atoms with E-state index in [-0.39, 0.29) is 17.8 Å². The van der Waals surface area contributed by atoms with Crippen LogP contribution in [-0.2, 0) is 14.0 Å². The number of likely N-dealkylation sites (tertiary alicyclic amines) is 1. The number of benzene rings is 1. The van der Waals surface area contributed by atoms with E-state index in [9.17, 15) is 4.79 Å². The SMILES string of the molecule is CC(C)C1OB(C2=CC3(CCN(C(=O)OC(C)(C)C)CC3)Oc3ccccc32)OC1(C)C. The van der Waals surface area contributed by atoms with Crippen molar-refractivity contribution in [2.75, 3.05) is 13.1 Å². The Balaban J connectivity index is 1.59. The Hall–Kier alpha value is -1.99. The van der Waals surface area contributed by atoms with E-state index in [4.69, 9.17) is 18.8 Å². The maximum absolute atomic E-state index is 12.5. The largest absolute Gasteiger partial charge is 0.495 e. The molecule has 1 unspecified atom stereocenters. The van der Waals surface area contributed by atoms with E-state index in [2.05, 4.69) is 39.8 Å². The van der Waals surface area contributed by atoms with Crippen molar-refractivity contribution in [1.82, 2.24) is 4.90 Å².